The molecule has 3 aromatic rings. The first-order valence-corrected chi connectivity index (χ1v) is 10.9. The number of alkyl halides is 3. The molecule has 4 rings (SSSR count). The number of anilines is 1. The fraction of sp³-hybridized carbons (Fsp3) is 0.318. The second-order valence-electron chi connectivity index (χ2n) is 7.90. The highest BCUT2D eigenvalue weighted by Crippen LogP contribution is 2.27. The third kappa shape index (κ3) is 4.84. The van der Waals surface area contributed by atoms with E-state index in [1.54, 1.807) is 30.3 Å². The molecule has 1 fully saturated rings. The summed E-state index contributed by atoms with van der Waals surface area (Å²) < 4.78 is 43.6. The molecule has 0 amide bonds. The van der Waals surface area contributed by atoms with Crippen molar-refractivity contribution in [3.63, 3.8) is 0 Å². The van der Waals surface area contributed by atoms with Crippen molar-refractivity contribution in [1.82, 2.24) is 24.2 Å². The Hall–Kier alpha value is -4.40. The fourth-order valence-corrected chi connectivity index (χ4v) is 3.79. The number of carbonyl (C=O) groups excluding carboxylic acids is 2. The Labute approximate surface area is 206 Å². The summed E-state index contributed by atoms with van der Waals surface area (Å²) in [7, 11) is 1.14. The van der Waals surface area contributed by atoms with Crippen LogP contribution in [0.25, 0.3) is 22.9 Å². The Kier molecular flexibility index (Phi) is 6.89. The summed E-state index contributed by atoms with van der Waals surface area (Å²) in [5, 5.41) is 3.19. The average Bonchev–Trinajstić information content (AvgIpc) is 3.28. The predicted octanol–water partition coefficient (Wildman–Crippen LogP) is -0.000800. The number of para-hydroxylation sites is 1. The van der Waals surface area contributed by atoms with Crippen molar-refractivity contribution in [2.75, 3.05) is 37.7 Å². The van der Waals surface area contributed by atoms with Gasteiger partial charge < -0.3 is 19.8 Å². The molecule has 1 N–H and O–H groups in total. The number of imidazole rings is 1. The third-order valence-corrected chi connectivity index (χ3v) is 5.54. The number of nitrogens with zero attached hydrogens (tertiary/aromatic N) is 5. The lowest BCUT2D eigenvalue weighted by molar-refractivity contribution is -0.201. The van der Waals surface area contributed by atoms with Crippen LogP contribution < -0.4 is 26.3 Å². The van der Waals surface area contributed by atoms with Crippen LogP contribution in [-0.4, -0.2) is 69.7 Å². The number of hydrogen-bond acceptors (Lipinski definition) is 9. The van der Waals surface area contributed by atoms with E-state index in [2.05, 4.69) is 21.6 Å². The van der Waals surface area contributed by atoms with E-state index in [9.17, 15) is 32.3 Å². The van der Waals surface area contributed by atoms with Crippen LogP contribution in [0.5, 0.6) is 0 Å². The standard InChI is InChI=1S/C22H21F3N6O6/c1-3-13-6-4-5-7-14(13)30-16-17(27-20(30)29-10-8-26-9-11-29)31(21(35)28(2)18(16)33)37-15(32)12-36-19(34)22(23,24)25/h3-7,26H,1,8-12H2,2H3. The molecule has 12 nitrogen and oxygen atoms in total. The predicted molar refractivity (Wildman–Crippen MR) is 124 cm³/mol. The largest absolute Gasteiger partial charge is 0.490 e. The number of fused-ring (bicyclic) bond motifs is 1. The number of benzene rings is 1. The summed E-state index contributed by atoms with van der Waals surface area (Å²) in [6.07, 6.45) is -3.76. The zero-order valence-electron chi connectivity index (χ0n) is 19.4. The molecule has 0 radical (unpaired) electrons. The highest BCUT2D eigenvalue weighted by molar-refractivity contribution is 5.82. The minimum atomic E-state index is -5.32. The lowest BCUT2D eigenvalue weighted by Gasteiger charge is -2.29. The normalized spacial score (nSPS) is 14.0. The van der Waals surface area contributed by atoms with Crippen LogP contribution in [-0.2, 0) is 21.4 Å². The zero-order chi connectivity index (χ0) is 26.9. The maximum absolute atomic E-state index is 13.3. The second-order valence-corrected chi connectivity index (χ2v) is 7.90. The molecule has 0 aliphatic carbocycles. The summed E-state index contributed by atoms with van der Waals surface area (Å²) in [4.78, 5) is 60.6. The van der Waals surface area contributed by atoms with Crippen molar-refractivity contribution >= 4 is 35.1 Å². The number of rotatable bonds is 6. The van der Waals surface area contributed by atoms with Gasteiger partial charge in [-0.1, -0.05) is 35.6 Å². The SMILES string of the molecule is C=Cc1ccccc1-n1c(N2CCNCC2)nc2c1c(=O)n(C)c(=O)n2OC(=O)COC(=O)C(F)(F)F. The average molecular weight is 522 g/mol. The molecular weight excluding hydrogens is 501 g/mol. The molecule has 15 heteroatoms. The summed E-state index contributed by atoms with van der Waals surface area (Å²) in [6, 6.07) is 6.96. The van der Waals surface area contributed by atoms with E-state index in [1.807, 2.05) is 4.90 Å². The number of ether oxygens (including phenoxy) is 1. The van der Waals surface area contributed by atoms with Gasteiger partial charge in [0, 0.05) is 33.2 Å². The van der Waals surface area contributed by atoms with E-state index < -0.39 is 36.0 Å². The molecule has 0 spiro atoms. The van der Waals surface area contributed by atoms with Gasteiger partial charge in [0.05, 0.1) is 5.69 Å². The number of hydrogen-bond donors (Lipinski definition) is 1. The Balaban J connectivity index is 1.90. The van der Waals surface area contributed by atoms with E-state index >= 15 is 0 Å². The van der Waals surface area contributed by atoms with E-state index in [0.29, 0.717) is 46.7 Å². The first kappa shape index (κ1) is 25.7. The maximum Gasteiger partial charge on any atom is 0.490 e. The van der Waals surface area contributed by atoms with E-state index in [1.165, 1.54) is 4.57 Å². The molecule has 1 saturated heterocycles. The van der Waals surface area contributed by atoms with Crippen LogP contribution >= 0.6 is 0 Å². The molecular formula is C22H21F3N6O6. The third-order valence-electron chi connectivity index (χ3n) is 5.54. The maximum atomic E-state index is 13.3. The molecule has 0 saturated carbocycles. The highest BCUT2D eigenvalue weighted by atomic mass is 19.4. The fourth-order valence-electron chi connectivity index (χ4n) is 3.79. The monoisotopic (exact) mass is 522 g/mol. The van der Waals surface area contributed by atoms with Crippen molar-refractivity contribution in [2.24, 2.45) is 7.05 Å². The molecule has 1 aliphatic heterocycles. The van der Waals surface area contributed by atoms with Crippen LogP contribution in [0.2, 0.25) is 0 Å². The first-order valence-electron chi connectivity index (χ1n) is 10.9. The van der Waals surface area contributed by atoms with E-state index in [-0.39, 0.29) is 17.1 Å². The molecule has 0 atom stereocenters. The van der Waals surface area contributed by atoms with Gasteiger partial charge in [-0.3, -0.25) is 13.9 Å². The summed E-state index contributed by atoms with van der Waals surface area (Å²) >= 11 is 0. The van der Waals surface area contributed by atoms with Crippen LogP contribution in [0.4, 0.5) is 19.1 Å². The molecule has 0 unspecified atom stereocenters. The zero-order valence-corrected chi connectivity index (χ0v) is 19.4. The van der Waals surface area contributed by atoms with Crippen molar-refractivity contribution in [2.45, 2.75) is 6.18 Å². The smallest absolute Gasteiger partial charge is 0.447 e. The van der Waals surface area contributed by atoms with Gasteiger partial charge in [0.15, 0.2) is 12.1 Å². The summed E-state index contributed by atoms with van der Waals surface area (Å²) in [6.45, 7) is 4.58. The lowest BCUT2D eigenvalue weighted by atomic mass is 10.1. The van der Waals surface area contributed by atoms with Gasteiger partial charge in [0.2, 0.25) is 11.6 Å². The number of carbonyl (C=O) groups is 2. The van der Waals surface area contributed by atoms with Gasteiger partial charge in [-0.05, 0) is 11.6 Å². The minimum absolute atomic E-state index is 0.134. The Morgan fingerprint density at radius 2 is 1.86 bits per heavy atom. The summed E-state index contributed by atoms with van der Waals surface area (Å²) in [5.74, 6) is -3.83. The van der Waals surface area contributed by atoms with Crippen LogP contribution in [0.1, 0.15) is 5.56 Å². The number of esters is 1. The lowest BCUT2D eigenvalue weighted by Crippen LogP contribution is -2.44. The molecule has 196 valence electrons. The molecule has 1 aliphatic rings. The van der Waals surface area contributed by atoms with Crippen LogP contribution in [0, 0.1) is 0 Å². The van der Waals surface area contributed by atoms with Gasteiger partial charge in [-0.15, -0.1) is 0 Å². The van der Waals surface area contributed by atoms with Crippen molar-refractivity contribution in [1.29, 1.82) is 0 Å². The topological polar surface area (TPSA) is 130 Å². The van der Waals surface area contributed by atoms with Gasteiger partial charge >= 0.3 is 23.8 Å². The van der Waals surface area contributed by atoms with E-state index in [4.69, 9.17) is 4.84 Å². The van der Waals surface area contributed by atoms with Crippen molar-refractivity contribution < 1.29 is 32.3 Å². The molecule has 2 aromatic heterocycles. The minimum Gasteiger partial charge on any atom is -0.447 e. The van der Waals surface area contributed by atoms with Gasteiger partial charge in [0.1, 0.15) is 0 Å². The van der Waals surface area contributed by atoms with Crippen LogP contribution in [0.3, 0.4) is 0 Å². The highest BCUT2D eigenvalue weighted by Gasteiger charge is 2.41. The Morgan fingerprint density at radius 1 is 1.19 bits per heavy atom. The molecule has 1 aromatic carbocycles. The number of piperazine rings is 1. The van der Waals surface area contributed by atoms with E-state index in [0.717, 1.165) is 7.05 Å². The second kappa shape index (κ2) is 9.93. The van der Waals surface area contributed by atoms with Crippen molar-refractivity contribution in [3.8, 4) is 5.69 Å². The number of aromatic nitrogens is 4. The quantitative estimate of drug-likeness (QED) is 0.445. The molecule has 0 bridgehead atoms. The Morgan fingerprint density at radius 3 is 2.51 bits per heavy atom. The Bertz CT molecular complexity index is 1500. The first-order chi connectivity index (χ1) is 17.5. The van der Waals surface area contributed by atoms with Gasteiger partial charge in [-0.2, -0.15) is 18.2 Å². The van der Waals surface area contributed by atoms with Gasteiger partial charge in [-0.25, -0.2) is 14.4 Å². The molecule has 37 heavy (non-hydrogen) atoms. The van der Waals surface area contributed by atoms with Gasteiger partial charge in [0.25, 0.3) is 5.56 Å². The van der Waals surface area contributed by atoms with Crippen molar-refractivity contribution in [3.05, 3.63) is 57.2 Å². The molecule has 3 heterocycles. The number of halogens is 3. The van der Waals surface area contributed by atoms with Crippen LogP contribution in [0.15, 0.2) is 40.4 Å². The summed E-state index contributed by atoms with van der Waals surface area (Å²) in [5.41, 5.74) is -1.23. The number of nitrogens with one attached hydrogen (secondary N) is 1.